The van der Waals surface area contributed by atoms with Gasteiger partial charge in [-0.15, -0.1) is 0 Å². The Morgan fingerprint density at radius 2 is 2.15 bits per heavy atom. The summed E-state index contributed by atoms with van der Waals surface area (Å²) < 4.78 is 6.75. The van der Waals surface area contributed by atoms with Gasteiger partial charge in [-0.3, -0.25) is 4.79 Å². The number of halogens is 1. The van der Waals surface area contributed by atoms with Crippen LogP contribution in [0.1, 0.15) is 23.5 Å². The molecule has 2 heterocycles. The number of benzene rings is 2. The fourth-order valence-electron chi connectivity index (χ4n) is 3.24. The molecule has 2 aromatic carbocycles. The molecule has 0 saturated carbocycles. The molecule has 6 nitrogen and oxygen atoms in total. The molecular weight excluding hydrogens is 354 g/mol. The number of phenols is 1. The van der Waals surface area contributed by atoms with Gasteiger partial charge in [-0.05, 0) is 35.9 Å². The molecule has 2 N–H and O–H groups in total. The minimum Gasteiger partial charge on any atom is -0.504 e. The van der Waals surface area contributed by atoms with Gasteiger partial charge in [-0.1, -0.05) is 23.7 Å². The van der Waals surface area contributed by atoms with E-state index < -0.39 is 0 Å². The van der Waals surface area contributed by atoms with Crippen LogP contribution in [0.2, 0.25) is 5.02 Å². The standard InChI is InChI=1S/C19H16ClN3O3/c1-26-17-6-5-11(7-16(17)24)14-9-18(25)22-19-15(14)10-21-23(19)13-4-2-3-12(20)8-13/h2-8,10,14,24H,9H2,1H3,(H,22,25). The Bertz CT molecular complexity index is 999. The maximum atomic E-state index is 12.3. The first kappa shape index (κ1) is 16.5. The lowest BCUT2D eigenvalue weighted by Gasteiger charge is -2.24. The number of fused-ring (bicyclic) bond motifs is 1. The van der Waals surface area contributed by atoms with Crippen LogP contribution < -0.4 is 10.1 Å². The van der Waals surface area contributed by atoms with Crippen LogP contribution in [-0.2, 0) is 4.79 Å². The molecule has 0 radical (unpaired) electrons. The maximum absolute atomic E-state index is 12.3. The average molecular weight is 370 g/mol. The van der Waals surface area contributed by atoms with Gasteiger partial charge in [0.05, 0.1) is 19.0 Å². The number of ether oxygens (including phenoxy) is 1. The first-order valence-corrected chi connectivity index (χ1v) is 8.45. The van der Waals surface area contributed by atoms with Crippen molar-refractivity contribution in [3.63, 3.8) is 0 Å². The lowest BCUT2D eigenvalue weighted by atomic mass is 9.87. The summed E-state index contributed by atoms with van der Waals surface area (Å²) >= 11 is 6.08. The van der Waals surface area contributed by atoms with Gasteiger partial charge in [0.1, 0.15) is 5.82 Å². The average Bonchev–Trinajstić information content (AvgIpc) is 3.04. The van der Waals surface area contributed by atoms with Crippen molar-refractivity contribution < 1.29 is 14.6 Å². The number of carbonyl (C=O) groups excluding carboxylic acids is 1. The number of nitrogens with zero attached hydrogens (tertiary/aromatic N) is 2. The van der Waals surface area contributed by atoms with Gasteiger partial charge < -0.3 is 15.2 Å². The summed E-state index contributed by atoms with van der Waals surface area (Å²) in [5, 5.41) is 18.0. The molecule has 1 aromatic heterocycles. The Kier molecular flexibility index (Phi) is 4.05. The molecule has 7 heteroatoms. The van der Waals surface area contributed by atoms with Crippen LogP contribution in [0.25, 0.3) is 5.69 Å². The van der Waals surface area contributed by atoms with Crippen LogP contribution in [-0.4, -0.2) is 27.9 Å². The zero-order valence-electron chi connectivity index (χ0n) is 13.9. The lowest BCUT2D eigenvalue weighted by molar-refractivity contribution is -0.116. The number of aromatic nitrogens is 2. The number of hydrogen-bond acceptors (Lipinski definition) is 4. The summed E-state index contributed by atoms with van der Waals surface area (Å²) in [6, 6.07) is 12.4. The van der Waals surface area contributed by atoms with Crippen molar-refractivity contribution in [2.24, 2.45) is 0 Å². The Balaban J connectivity index is 1.80. The van der Waals surface area contributed by atoms with E-state index in [-0.39, 0.29) is 24.0 Å². The number of amides is 1. The molecule has 0 spiro atoms. The number of phenolic OH excluding ortho intramolecular Hbond substituents is 1. The number of anilines is 1. The number of hydrogen-bond donors (Lipinski definition) is 2. The summed E-state index contributed by atoms with van der Waals surface area (Å²) in [7, 11) is 1.50. The summed E-state index contributed by atoms with van der Waals surface area (Å²) in [6.45, 7) is 0. The van der Waals surface area contributed by atoms with E-state index in [0.29, 0.717) is 16.6 Å². The molecule has 3 aromatic rings. The third kappa shape index (κ3) is 2.78. The Hall–Kier alpha value is -2.99. The van der Waals surface area contributed by atoms with E-state index in [1.807, 2.05) is 18.2 Å². The first-order chi connectivity index (χ1) is 12.6. The van der Waals surface area contributed by atoms with Crippen LogP contribution in [0.5, 0.6) is 11.5 Å². The number of nitrogens with one attached hydrogen (secondary N) is 1. The van der Waals surface area contributed by atoms with E-state index in [2.05, 4.69) is 10.4 Å². The predicted molar refractivity (Wildman–Crippen MR) is 98.3 cm³/mol. The quantitative estimate of drug-likeness (QED) is 0.737. The van der Waals surface area contributed by atoms with Gasteiger partial charge in [0.15, 0.2) is 11.5 Å². The van der Waals surface area contributed by atoms with Gasteiger partial charge in [-0.2, -0.15) is 5.10 Å². The molecule has 1 unspecified atom stereocenters. The molecule has 1 amide bonds. The summed E-state index contributed by atoms with van der Waals surface area (Å²) in [5.41, 5.74) is 2.47. The molecule has 0 bridgehead atoms. The van der Waals surface area contributed by atoms with E-state index in [1.165, 1.54) is 7.11 Å². The normalized spacial score (nSPS) is 16.1. The number of methoxy groups -OCH3 is 1. The third-order valence-corrected chi connectivity index (χ3v) is 4.71. The van der Waals surface area contributed by atoms with Crippen molar-refractivity contribution in [1.29, 1.82) is 0 Å². The molecule has 0 fully saturated rings. The highest BCUT2D eigenvalue weighted by atomic mass is 35.5. The van der Waals surface area contributed by atoms with Gasteiger partial charge in [0.25, 0.3) is 0 Å². The fraction of sp³-hybridized carbons (Fsp3) is 0.158. The van der Waals surface area contributed by atoms with Crippen molar-refractivity contribution >= 4 is 23.3 Å². The van der Waals surface area contributed by atoms with Crippen molar-refractivity contribution in [2.75, 3.05) is 12.4 Å². The van der Waals surface area contributed by atoms with Crippen LogP contribution in [0.3, 0.4) is 0 Å². The third-order valence-electron chi connectivity index (χ3n) is 4.48. The predicted octanol–water partition coefficient (Wildman–Crippen LogP) is 3.71. The Morgan fingerprint density at radius 3 is 2.88 bits per heavy atom. The minimum absolute atomic E-state index is 0.0414. The molecular formula is C19H16ClN3O3. The van der Waals surface area contributed by atoms with Gasteiger partial charge in [-0.25, -0.2) is 4.68 Å². The highest BCUT2D eigenvalue weighted by Gasteiger charge is 2.30. The van der Waals surface area contributed by atoms with Gasteiger partial charge in [0, 0.05) is 22.9 Å². The van der Waals surface area contributed by atoms with E-state index in [9.17, 15) is 9.90 Å². The fourth-order valence-corrected chi connectivity index (χ4v) is 3.43. The smallest absolute Gasteiger partial charge is 0.226 e. The summed E-state index contributed by atoms with van der Waals surface area (Å²) in [6.07, 6.45) is 2.02. The Labute approximate surface area is 155 Å². The van der Waals surface area contributed by atoms with Crippen molar-refractivity contribution in [3.8, 4) is 17.2 Å². The summed E-state index contributed by atoms with van der Waals surface area (Å²) in [4.78, 5) is 12.3. The molecule has 0 saturated heterocycles. The van der Waals surface area contributed by atoms with Gasteiger partial charge >= 0.3 is 0 Å². The molecule has 132 valence electrons. The second-order valence-corrected chi connectivity index (χ2v) is 6.51. The van der Waals surface area contributed by atoms with E-state index >= 15 is 0 Å². The molecule has 1 aliphatic heterocycles. The topological polar surface area (TPSA) is 76.4 Å². The minimum atomic E-state index is -0.205. The number of rotatable bonds is 3. The number of carbonyl (C=O) groups is 1. The first-order valence-electron chi connectivity index (χ1n) is 8.07. The van der Waals surface area contributed by atoms with Gasteiger partial charge in [0.2, 0.25) is 5.91 Å². The molecule has 1 aliphatic rings. The molecule has 1 atom stereocenters. The summed E-state index contributed by atoms with van der Waals surface area (Å²) in [5.74, 6) is 0.734. The second kappa shape index (κ2) is 6.38. The van der Waals surface area contributed by atoms with Crippen LogP contribution in [0.4, 0.5) is 5.82 Å². The molecule has 4 rings (SSSR count). The van der Waals surface area contributed by atoms with E-state index in [4.69, 9.17) is 16.3 Å². The van der Waals surface area contributed by atoms with E-state index in [0.717, 1.165) is 16.8 Å². The van der Waals surface area contributed by atoms with Crippen molar-refractivity contribution in [1.82, 2.24) is 9.78 Å². The van der Waals surface area contributed by atoms with Crippen LogP contribution in [0.15, 0.2) is 48.7 Å². The van der Waals surface area contributed by atoms with Crippen LogP contribution >= 0.6 is 11.6 Å². The monoisotopic (exact) mass is 369 g/mol. The van der Waals surface area contributed by atoms with Crippen molar-refractivity contribution in [3.05, 3.63) is 64.8 Å². The SMILES string of the molecule is COc1ccc(C2CC(=O)Nc3c2cnn3-c2cccc(Cl)c2)cc1O. The van der Waals surface area contributed by atoms with Crippen LogP contribution in [0, 0.1) is 0 Å². The van der Waals surface area contributed by atoms with Crippen molar-refractivity contribution in [2.45, 2.75) is 12.3 Å². The highest BCUT2D eigenvalue weighted by molar-refractivity contribution is 6.30. The highest BCUT2D eigenvalue weighted by Crippen LogP contribution is 2.40. The zero-order chi connectivity index (χ0) is 18.3. The molecule has 26 heavy (non-hydrogen) atoms. The van der Waals surface area contributed by atoms with E-state index in [1.54, 1.807) is 35.1 Å². The molecule has 0 aliphatic carbocycles. The zero-order valence-corrected chi connectivity index (χ0v) is 14.7. The largest absolute Gasteiger partial charge is 0.504 e. The maximum Gasteiger partial charge on any atom is 0.226 e. The Morgan fingerprint density at radius 1 is 1.31 bits per heavy atom. The second-order valence-electron chi connectivity index (χ2n) is 6.08. The number of aromatic hydroxyl groups is 1. The lowest BCUT2D eigenvalue weighted by Crippen LogP contribution is -2.24.